The molecule has 1 aromatic rings. The quantitative estimate of drug-likeness (QED) is 0.722. The van der Waals surface area contributed by atoms with Crippen molar-refractivity contribution in [1.29, 1.82) is 0 Å². The van der Waals surface area contributed by atoms with Gasteiger partial charge in [-0.3, -0.25) is 0 Å². The Morgan fingerprint density at radius 3 is 2.52 bits per heavy atom. The Bertz CT molecular complexity index is 579. The third kappa shape index (κ3) is 4.42. The van der Waals surface area contributed by atoms with Gasteiger partial charge in [-0.05, 0) is 12.1 Å². The van der Waals surface area contributed by atoms with E-state index in [1.54, 1.807) is 0 Å². The summed E-state index contributed by atoms with van der Waals surface area (Å²) < 4.78 is 63.1. The summed E-state index contributed by atoms with van der Waals surface area (Å²) in [6.45, 7) is -0.934. The largest absolute Gasteiger partial charge is 0.391 e. The highest BCUT2D eigenvalue weighted by Crippen LogP contribution is 2.21. The van der Waals surface area contributed by atoms with Gasteiger partial charge in [0.15, 0.2) is 5.82 Å². The average Bonchev–Trinajstić information content (AvgIpc) is 2.43. The zero-order valence-corrected chi connectivity index (χ0v) is 12.4. The fourth-order valence-corrected chi connectivity index (χ4v) is 2.77. The Kier molecular flexibility index (Phi) is 6.62. The topological polar surface area (TPSA) is 84.9 Å². The predicted molar refractivity (Wildman–Crippen MR) is 70.1 cm³/mol. The van der Waals surface area contributed by atoms with Gasteiger partial charge in [-0.2, -0.15) is 0 Å². The van der Waals surface area contributed by atoms with Crippen molar-refractivity contribution in [2.45, 2.75) is 17.6 Å². The van der Waals surface area contributed by atoms with Gasteiger partial charge in [0, 0.05) is 20.8 Å². The lowest BCUT2D eigenvalue weighted by Crippen LogP contribution is -2.36. The number of nitrogens with one attached hydrogen (secondary N) is 1. The number of sulfonamides is 1. The first-order valence-corrected chi connectivity index (χ1v) is 7.44. The van der Waals surface area contributed by atoms with Crippen LogP contribution >= 0.6 is 0 Å². The molecule has 9 heteroatoms. The number of aliphatic hydroxyl groups is 1. The van der Waals surface area contributed by atoms with Crippen LogP contribution in [0.4, 0.5) is 8.78 Å². The number of hydrogen-bond acceptors (Lipinski definition) is 5. The van der Waals surface area contributed by atoms with E-state index in [1.807, 2.05) is 0 Å². The highest BCUT2D eigenvalue weighted by atomic mass is 32.2. The van der Waals surface area contributed by atoms with E-state index < -0.39 is 44.8 Å². The lowest BCUT2D eigenvalue weighted by molar-refractivity contribution is 0.0320. The van der Waals surface area contributed by atoms with Crippen LogP contribution in [0.1, 0.15) is 5.56 Å². The van der Waals surface area contributed by atoms with Gasteiger partial charge in [-0.25, -0.2) is 21.9 Å². The number of hydrogen-bond donors (Lipinski definition) is 2. The molecule has 0 saturated carbocycles. The van der Waals surface area contributed by atoms with Crippen molar-refractivity contribution < 1.29 is 31.8 Å². The Morgan fingerprint density at radius 2 is 2.00 bits per heavy atom. The summed E-state index contributed by atoms with van der Waals surface area (Å²) in [7, 11) is -1.40. The molecular formula is C12H17F2NO5S. The molecule has 21 heavy (non-hydrogen) atoms. The molecule has 0 aliphatic rings. The first-order valence-electron chi connectivity index (χ1n) is 5.96. The van der Waals surface area contributed by atoms with E-state index in [-0.39, 0.29) is 13.2 Å². The zero-order chi connectivity index (χ0) is 16.0. The van der Waals surface area contributed by atoms with Crippen molar-refractivity contribution in [3.05, 3.63) is 29.3 Å². The maximum Gasteiger partial charge on any atom is 0.243 e. The van der Waals surface area contributed by atoms with Crippen molar-refractivity contribution >= 4 is 10.0 Å². The van der Waals surface area contributed by atoms with Crippen LogP contribution in [0.2, 0.25) is 0 Å². The maximum atomic E-state index is 13.9. The highest BCUT2D eigenvalue weighted by Gasteiger charge is 2.24. The second-order valence-corrected chi connectivity index (χ2v) is 5.90. The highest BCUT2D eigenvalue weighted by molar-refractivity contribution is 7.89. The summed E-state index contributed by atoms with van der Waals surface area (Å²) in [6, 6.07) is 1.58. The summed E-state index contributed by atoms with van der Waals surface area (Å²) in [5.41, 5.74) is -0.696. The fraction of sp³-hybridized carbons (Fsp3) is 0.500. The molecule has 1 unspecified atom stereocenters. The van der Waals surface area contributed by atoms with Gasteiger partial charge in [0.2, 0.25) is 10.0 Å². The van der Waals surface area contributed by atoms with Crippen LogP contribution < -0.4 is 4.72 Å². The molecule has 1 aromatic carbocycles. The molecule has 0 aliphatic heterocycles. The minimum absolute atomic E-state index is 0.141. The number of benzene rings is 1. The number of methoxy groups -OCH3 is 2. The van der Waals surface area contributed by atoms with Gasteiger partial charge >= 0.3 is 0 Å². The van der Waals surface area contributed by atoms with Gasteiger partial charge in [-0.1, -0.05) is 0 Å². The molecule has 1 atom stereocenters. The molecule has 0 heterocycles. The molecule has 0 fully saturated rings. The summed E-state index contributed by atoms with van der Waals surface area (Å²) in [5.74, 6) is -2.33. The summed E-state index contributed by atoms with van der Waals surface area (Å²) in [4.78, 5) is -0.736. The second kappa shape index (κ2) is 7.76. The van der Waals surface area contributed by atoms with Crippen LogP contribution in [0.5, 0.6) is 0 Å². The first kappa shape index (κ1) is 17.9. The Labute approximate surface area is 121 Å². The molecule has 0 aliphatic carbocycles. The number of ether oxygens (including phenoxy) is 2. The molecule has 0 saturated heterocycles. The molecule has 0 radical (unpaired) electrons. The molecule has 1 rings (SSSR count). The summed E-state index contributed by atoms with van der Waals surface area (Å²) in [5, 5.41) is 8.88. The van der Waals surface area contributed by atoms with Gasteiger partial charge in [0.1, 0.15) is 10.7 Å². The average molecular weight is 325 g/mol. The predicted octanol–water partition coefficient (Wildman–Crippen LogP) is 0.397. The number of halogens is 2. The van der Waals surface area contributed by atoms with E-state index in [1.165, 1.54) is 14.2 Å². The van der Waals surface area contributed by atoms with Gasteiger partial charge < -0.3 is 14.6 Å². The van der Waals surface area contributed by atoms with Crippen molar-refractivity contribution in [2.75, 3.05) is 27.4 Å². The van der Waals surface area contributed by atoms with E-state index in [0.717, 1.165) is 12.1 Å². The van der Waals surface area contributed by atoms with Gasteiger partial charge in [0.05, 0.1) is 24.9 Å². The monoisotopic (exact) mass is 325 g/mol. The standard InChI is InChI=1S/C12H17F2NO5S/c1-19-7-8(20-2)5-15-21(17,18)11-4-3-10(13)9(6-16)12(11)14/h3-4,8,15-16H,5-7H2,1-2H3. The normalized spacial score (nSPS) is 13.4. The van der Waals surface area contributed by atoms with E-state index in [9.17, 15) is 17.2 Å². The minimum atomic E-state index is -4.20. The first-order chi connectivity index (χ1) is 9.87. The van der Waals surface area contributed by atoms with E-state index in [2.05, 4.69) is 4.72 Å². The maximum absolute atomic E-state index is 13.9. The summed E-state index contributed by atoms with van der Waals surface area (Å²) >= 11 is 0. The molecule has 0 amide bonds. The Morgan fingerprint density at radius 1 is 1.33 bits per heavy atom. The molecule has 120 valence electrons. The third-order valence-corrected chi connectivity index (χ3v) is 4.23. The number of aliphatic hydroxyl groups excluding tert-OH is 1. The van der Waals surface area contributed by atoms with E-state index in [0.29, 0.717) is 0 Å². The molecule has 0 aromatic heterocycles. The molecule has 0 bridgehead atoms. The SMILES string of the molecule is COCC(CNS(=O)(=O)c1ccc(F)c(CO)c1F)OC. The van der Waals surface area contributed by atoms with Crippen LogP contribution in [0.3, 0.4) is 0 Å². The van der Waals surface area contributed by atoms with Crippen molar-refractivity contribution in [1.82, 2.24) is 4.72 Å². The summed E-state index contributed by atoms with van der Waals surface area (Å²) in [6.07, 6.45) is -0.550. The van der Waals surface area contributed by atoms with Gasteiger partial charge in [-0.15, -0.1) is 0 Å². The van der Waals surface area contributed by atoms with E-state index in [4.69, 9.17) is 14.6 Å². The van der Waals surface area contributed by atoms with Crippen LogP contribution in [0.25, 0.3) is 0 Å². The van der Waals surface area contributed by atoms with E-state index >= 15 is 0 Å². The Balaban J connectivity index is 2.98. The van der Waals surface area contributed by atoms with Crippen molar-refractivity contribution in [3.8, 4) is 0 Å². The molecular weight excluding hydrogens is 308 g/mol. The molecule has 6 nitrogen and oxygen atoms in total. The number of rotatable bonds is 8. The third-order valence-electron chi connectivity index (χ3n) is 2.79. The second-order valence-electron chi connectivity index (χ2n) is 4.16. The smallest absolute Gasteiger partial charge is 0.243 e. The lowest BCUT2D eigenvalue weighted by atomic mass is 10.2. The van der Waals surface area contributed by atoms with Crippen molar-refractivity contribution in [2.24, 2.45) is 0 Å². The fourth-order valence-electron chi connectivity index (χ4n) is 1.61. The van der Waals surface area contributed by atoms with Crippen LogP contribution in [0.15, 0.2) is 17.0 Å². The Hall–Kier alpha value is -1.13. The lowest BCUT2D eigenvalue weighted by Gasteiger charge is -2.16. The molecule has 0 spiro atoms. The molecule has 2 N–H and O–H groups in total. The minimum Gasteiger partial charge on any atom is -0.391 e. The van der Waals surface area contributed by atoms with Crippen LogP contribution in [0, 0.1) is 11.6 Å². The van der Waals surface area contributed by atoms with Gasteiger partial charge in [0.25, 0.3) is 0 Å². The van der Waals surface area contributed by atoms with Crippen LogP contribution in [-0.2, 0) is 26.1 Å². The zero-order valence-electron chi connectivity index (χ0n) is 11.6. The van der Waals surface area contributed by atoms with Crippen LogP contribution in [-0.4, -0.2) is 47.0 Å². The van der Waals surface area contributed by atoms with Crippen molar-refractivity contribution in [3.63, 3.8) is 0 Å².